The van der Waals surface area contributed by atoms with Gasteiger partial charge in [-0.15, -0.1) is 0 Å². The van der Waals surface area contributed by atoms with Crippen LogP contribution in [0.1, 0.15) is 39.0 Å². The summed E-state index contributed by atoms with van der Waals surface area (Å²) in [6.07, 6.45) is 6.55. The van der Waals surface area contributed by atoms with Gasteiger partial charge in [0.25, 0.3) is 14.3 Å². The first-order valence-electron chi connectivity index (χ1n) is 5.22. The maximum atomic E-state index is 10.9. The van der Waals surface area contributed by atoms with E-state index < -0.39 is 8.32 Å². The third-order valence-electron chi connectivity index (χ3n) is 3.00. The molecule has 13 heavy (non-hydrogen) atoms. The molecule has 0 bridgehead atoms. The Morgan fingerprint density at radius 1 is 1.23 bits per heavy atom. The van der Waals surface area contributed by atoms with Gasteiger partial charge in [0.1, 0.15) is 0 Å². The summed E-state index contributed by atoms with van der Waals surface area (Å²) in [5.41, 5.74) is 0.699. The fraction of sp³-hybridized carbons (Fsp3) is 0.900. The lowest BCUT2D eigenvalue weighted by Crippen LogP contribution is -2.39. The SMILES string of the molecule is CC(=O)O[Si](C)(C)C1CCCCC1. The molecule has 0 aliphatic heterocycles. The molecule has 1 fully saturated rings. The Hall–Kier alpha value is -0.313. The molecule has 1 rings (SSSR count). The summed E-state index contributed by atoms with van der Waals surface area (Å²) in [5.74, 6) is -0.0951. The third kappa shape index (κ3) is 3.14. The van der Waals surface area contributed by atoms with Gasteiger partial charge in [-0.25, -0.2) is 0 Å². The molecule has 0 unspecified atom stereocenters. The molecule has 1 aliphatic carbocycles. The van der Waals surface area contributed by atoms with Crippen LogP contribution in [0.4, 0.5) is 0 Å². The number of rotatable bonds is 2. The molecule has 1 aliphatic rings. The first-order valence-corrected chi connectivity index (χ1v) is 8.20. The molecule has 2 nitrogen and oxygen atoms in total. The van der Waals surface area contributed by atoms with Crippen LogP contribution in [-0.2, 0) is 9.22 Å². The van der Waals surface area contributed by atoms with Gasteiger partial charge in [-0.1, -0.05) is 19.3 Å². The normalized spacial score (nSPS) is 19.9. The quantitative estimate of drug-likeness (QED) is 0.640. The number of carbonyl (C=O) groups is 1. The topological polar surface area (TPSA) is 26.3 Å². The van der Waals surface area contributed by atoms with Crippen molar-refractivity contribution in [3.8, 4) is 0 Å². The Morgan fingerprint density at radius 2 is 1.77 bits per heavy atom. The predicted molar refractivity (Wildman–Crippen MR) is 56.1 cm³/mol. The molecule has 0 radical (unpaired) electrons. The minimum atomic E-state index is -1.72. The second-order valence-corrected chi connectivity index (χ2v) is 8.76. The van der Waals surface area contributed by atoms with Crippen molar-refractivity contribution in [1.29, 1.82) is 0 Å². The summed E-state index contributed by atoms with van der Waals surface area (Å²) in [6.45, 7) is 5.87. The molecule has 0 aromatic carbocycles. The van der Waals surface area contributed by atoms with Crippen molar-refractivity contribution in [1.82, 2.24) is 0 Å². The maximum Gasteiger partial charge on any atom is 0.289 e. The Balaban J connectivity index is 2.50. The average Bonchev–Trinajstić information content (AvgIpc) is 2.04. The van der Waals surface area contributed by atoms with Crippen molar-refractivity contribution >= 4 is 14.3 Å². The largest absolute Gasteiger partial charge is 0.520 e. The number of carbonyl (C=O) groups excluding carboxylic acids is 1. The summed E-state index contributed by atoms with van der Waals surface area (Å²) in [5, 5.41) is 0. The Kier molecular flexibility index (Phi) is 3.53. The van der Waals surface area contributed by atoms with Crippen molar-refractivity contribution in [2.24, 2.45) is 0 Å². The van der Waals surface area contributed by atoms with Crippen LogP contribution in [0.3, 0.4) is 0 Å². The molecule has 0 saturated heterocycles. The van der Waals surface area contributed by atoms with Gasteiger partial charge in [0.2, 0.25) is 0 Å². The summed E-state index contributed by atoms with van der Waals surface area (Å²) in [6, 6.07) is 0. The van der Waals surface area contributed by atoms with Crippen LogP contribution in [0.2, 0.25) is 18.6 Å². The first kappa shape index (κ1) is 10.8. The molecule has 0 aromatic heterocycles. The van der Waals surface area contributed by atoms with Gasteiger partial charge in [0, 0.05) is 6.92 Å². The van der Waals surface area contributed by atoms with Crippen molar-refractivity contribution in [2.45, 2.75) is 57.7 Å². The molecule has 0 spiro atoms. The van der Waals surface area contributed by atoms with E-state index in [1.807, 2.05) is 0 Å². The molecule has 0 heterocycles. The molecular formula is C10H20O2Si. The van der Waals surface area contributed by atoms with E-state index in [0.717, 1.165) is 0 Å². The lowest BCUT2D eigenvalue weighted by atomic mass is 10.0. The minimum absolute atomic E-state index is 0.0951. The molecule has 0 amide bonds. The first-order chi connectivity index (χ1) is 6.02. The van der Waals surface area contributed by atoms with Gasteiger partial charge in [-0.2, -0.15) is 0 Å². The highest BCUT2D eigenvalue weighted by Gasteiger charge is 2.36. The molecular weight excluding hydrogens is 180 g/mol. The lowest BCUT2D eigenvalue weighted by molar-refractivity contribution is -0.132. The Labute approximate surface area is 81.8 Å². The van der Waals surface area contributed by atoms with Crippen LogP contribution in [0.25, 0.3) is 0 Å². The second-order valence-electron chi connectivity index (χ2n) is 4.53. The van der Waals surface area contributed by atoms with Crippen molar-refractivity contribution in [3.63, 3.8) is 0 Å². The summed E-state index contributed by atoms with van der Waals surface area (Å²) < 4.78 is 5.48. The highest BCUT2D eigenvalue weighted by atomic mass is 28.4. The molecule has 0 atom stereocenters. The van der Waals surface area contributed by atoms with Crippen molar-refractivity contribution in [3.05, 3.63) is 0 Å². The van der Waals surface area contributed by atoms with Crippen LogP contribution in [-0.4, -0.2) is 14.3 Å². The van der Waals surface area contributed by atoms with Crippen LogP contribution in [0.5, 0.6) is 0 Å². The highest BCUT2D eigenvalue weighted by Crippen LogP contribution is 2.37. The van der Waals surface area contributed by atoms with Crippen molar-refractivity contribution < 1.29 is 9.22 Å². The van der Waals surface area contributed by atoms with Crippen LogP contribution in [0, 0.1) is 0 Å². The number of hydrogen-bond acceptors (Lipinski definition) is 2. The van der Waals surface area contributed by atoms with Gasteiger partial charge in [0.15, 0.2) is 0 Å². The summed E-state index contributed by atoms with van der Waals surface area (Å²) in [7, 11) is -1.72. The van der Waals surface area contributed by atoms with Gasteiger partial charge in [0.05, 0.1) is 0 Å². The van der Waals surface area contributed by atoms with E-state index in [1.165, 1.54) is 39.0 Å². The van der Waals surface area contributed by atoms with Crippen LogP contribution < -0.4 is 0 Å². The van der Waals surface area contributed by atoms with Crippen molar-refractivity contribution in [2.75, 3.05) is 0 Å². The van der Waals surface area contributed by atoms with Gasteiger partial charge in [-0.3, -0.25) is 4.79 Å². The monoisotopic (exact) mass is 200 g/mol. The summed E-state index contributed by atoms with van der Waals surface area (Å²) >= 11 is 0. The Bertz CT molecular complexity index is 183. The minimum Gasteiger partial charge on any atom is -0.520 e. The van der Waals surface area contributed by atoms with E-state index in [4.69, 9.17) is 4.43 Å². The predicted octanol–water partition coefficient (Wildman–Crippen LogP) is 3.09. The lowest BCUT2D eigenvalue weighted by Gasteiger charge is -2.33. The average molecular weight is 200 g/mol. The van der Waals surface area contributed by atoms with E-state index in [1.54, 1.807) is 0 Å². The smallest absolute Gasteiger partial charge is 0.289 e. The Morgan fingerprint density at radius 3 is 2.23 bits per heavy atom. The van der Waals surface area contributed by atoms with Gasteiger partial charge < -0.3 is 4.43 Å². The zero-order valence-electron chi connectivity index (χ0n) is 8.93. The van der Waals surface area contributed by atoms with E-state index in [0.29, 0.717) is 5.54 Å². The van der Waals surface area contributed by atoms with Gasteiger partial charge in [-0.05, 0) is 31.5 Å². The maximum absolute atomic E-state index is 10.9. The zero-order chi connectivity index (χ0) is 9.90. The molecule has 1 saturated carbocycles. The van der Waals surface area contributed by atoms with E-state index in [9.17, 15) is 4.79 Å². The summed E-state index contributed by atoms with van der Waals surface area (Å²) in [4.78, 5) is 10.9. The zero-order valence-corrected chi connectivity index (χ0v) is 9.93. The standard InChI is InChI=1S/C10H20O2Si/c1-9(11)12-13(2,3)10-7-5-4-6-8-10/h10H,4-8H2,1-3H3. The molecule has 76 valence electrons. The van der Waals surface area contributed by atoms with E-state index >= 15 is 0 Å². The van der Waals surface area contributed by atoms with Crippen LogP contribution in [0.15, 0.2) is 0 Å². The second kappa shape index (κ2) is 4.27. The van der Waals surface area contributed by atoms with Gasteiger partial charge >= 0.3 is 0 Å². The molecule has 3 heteroatoms. The molecule has 0 aromatic rings. The highest BCUT2D eigenvalue weighted by molar-refractivity contribution is 6.74. The number of hydrogen-bond donors (Lipinski definition) is 0. The third-order valence-corrected chi connectivity index (χ3v) is 6.35. The van der Waals surface area contributed by atoms with E-state index in [-0.39, 0.29) is 5.97 Å². The fourth-order valence-corrected chi connectivity index (χ4v) is 4.96. The van der Waals surface area contributed by atoms with E-state index in [2.05, 4.69) is 13.1 Å². The van der Waals surface area contributed by atoms with Crippen LogP contribution >= 0.6 is 0 Å². The fourth-order valence-electron chi connectivity index (χ4n) is 2.25. The molecule has 0 N–H and O–H groups in total.